The lowest BCUT2D eigenvalue weighted by atomic mass is 9.94. The minimum absolute atomic E-state index is 0. The van der Waals surface area contributed by atoms with Crippen molar-refractivity contribution in [1.29, 1.82) is 0 Å². The van der Waals surface area contributed by atoms with Gasteiger partial charge in [-0.15, -0.1) is 23.7 Å². The minimum atomic E-state index is -0.0508. The number of amides is 2. The number of halogens is 1. The molecule has 2 fully saturated rings. The van der Waals surface area contributed by atoms with Gasteiger partial charge in [-0.3, -0.25) is 9.59 Å². The minimum Gasteiger partial charge on any atom is -0.337 e. The number of benzene rings is 1. The summed E-state index contributed by atoms with van der Waals surface area (Å²) in [6.07, 6.45) is 3.64. The fourth-order valence-corrected chi connectivity index (χ4v) is 4.43. The molecule has 8 heteroatoms. The molecule has 0 atom stereocenters. The molecule has 2 aliphatic rings. The summed E-state index contributed by atoms with van der Waals surface area (Å²) in [5, 5.41) is 2.55. The molecule has 2 amide bonds. The molecule has 1 saturated carbocycles. The van der Waals surface area contributed by atoms with E-state index in [0.717, 1.165) is 30.7 Å². The third-order valence-electron chi connectivity index (χ3n) is 5.54. The van der Waals surface area contributed by atoms with Crippen molar-refractivity contribution < 1.29 is 9.59 Å². The molecule has 29 heavy (non-hydrogen) atoms. The van der Waals surface area contributed by atoms with Crippen LogP contribution in [0, 0.1) is 5.92 Å². The molecule has 2 aromatic rings. The molecule has 1 saturated heterocycles. The molecule has 1 aliphatic heterocycles. The Morgan fingerprint density at radius 3 is 2.41 bits per heavy atom. The smallest absolute Gasteiger partial charge is 0.273 e. The molecule has 0 spiro atoms. The monoisotopic (exact) mass is 434 g/mol. The molecule has 2 heterocycles. The molecule has 0 unspecified atom stereocenters. The topological polar surface area (TPSA) is 79.5 Å². The van der Waals surface area contributed by atoms with Gasteiger partial charge in [-0.1, -0.05) is 30.3 Å². The third-order valence-corrected chi connectivity index (χ3v) is 6.41. The summed E-state index contributed by atoms with van der Waals surface area (Å²) in [4.78, 5) is 34.0. The lowest BCUT2D eigenvalue weighted by Crippen LogP contribution is -2.45. The number of hydrogen-bond donors (Lipinski definition) is 1. The van der Waals surface area contributed by atoms with Crippen molar-refractivity contribution in [3.8, 4) is 0 Å². The number of carbonyl (C=O) groups excluding carboxylic acids is 2. The van der Waals surface area contributed by atoms with Crippen LogP contribution in [0.5, 0.6) is 0 Å². The summed E-state index contributed by atoms with van der Waals surface area (Å²) < 4.78 is 0. The van der Waals surface area contributed by atoms with Crippen molar-refractivity contribution in [2.45, 2.75) is 44.8 Å². The Kier molecular flexibility index (Phi) is 7.27. The standard InChI is InChI=1S/C21H26N4O2S.ClH/c22-12-19-23-18(14-28-19)21(27)24-10-8-16(9-11-24)20(26)25(17-6-7-17)13-15-4-2-1-3-5-15;/h1-5,14,16-17H,6-13,22H2;1H. The number of rotatable bonds is 6. The predicted molar refractivity (Wildman–Crippen MR) is 116 cm³/mol. The molecule has 0 bridgehead atoms. The molecule has 156 valence electrons. The largest absolute Gasteiger partial charge is 0.337 e. The third kappa shape index (κ3) is 5.15. The van der Waals surface area contributed by atoms with Gasteiger partial charge in [0.05, 0.1) is 0 Å². The van der Waals surface area contributed by atoms with E-state index in [2.05, 4.69) is 22.0 Å². The van der Waals surface area contributed by atoms with Crippen LogP contribution in [-0.4, -0.2) is 45.7 Å². The normalized spacial score (nSPS) is 16.9. The van der Waals surface area contributed by atoms with Crippen LogP contribution in [0.2, 0.25) is 0 Å². The molecule has 0 radical (unpaired) electrons. The van der Waals surface area contributed by atoms with Gasteiger partial charge in [-0.2, -0.15) is 0 Å². The molecule has 1 aromatic carbocycles. The van der Waals surface area contributed by atoms with Crippen LogP contribution >= 0.6 is 23.7 Å². The highest BCUT2D eigenvalue weighted by Crippen LogP contribution is 2.32. The van der Waals surface area contributed by atoms with E-state index >= 15 is 0 Å². The Morgan fingerprint density at radius 2 is 1.83 bits per heavy atom. The zero-order valence-electron chi connectivity index (χ0n) is 16.3. The number of carbonyl (C=O) groups is 2. The van der Waals surface area contributed by atoms with E-state index < -0.39 is 0 Å². The quantitative estimate of drug-likeness (QED) is 0.757. The summed E-state index contributed by atoms with van der Waals surface area (Å²) in [6, 6.07) is 10.6. The summed E-state index contributed by atoms with van der Waals surface area (Å²) in [5.74, 6) is 0.200. The summed E-state index contributed by atoms with van der Waals surface area (Å²) in [6.45, 7) is 2.25. The Bertz CT molecular complexity index is 832. The highest BCUT2D eigenvalue weighted by molar-refractivity contribution is 7.09. The van der Waals surface area contributed by atoms with Gasteiger partial charge in [-0.25, -0.2) is 4.98 Å². The summed E-state index contributed by atoms with van der Waals surface area (Å²) in [5.41, 5.74) is 7.23. The Balaban J connectivity index is 0.00000240. The van der Waals surface area contributed by atoms with E-state index in [4.69, 9.17) is 5.73 Å². The van der Waals surface area contributed by atoms with E-state index in [9.17, 15) is 9.59 Å². The Hall–Kier alpha value is -1.96. The molecular weight excluding hydrogens is 408 g/mol. The first-order valence-corrected chi connectivity index (χ1v) is 10.8. The van der Waals surface area contributed by atoms with Gasteiger partial charge in [0.1, 0.15) is 10.7 Å². The van der Waals surface area contributed by atoms with E-state index in [1.807, 2.05) is 23.1 Å². The molecule has 1 aliphatic carbocycles. The van der Waals surface area contributed by atoms with Gasteiger partial charge in [0.2, 0.25) is 5.91 Å². The van der Waals surface area contributed by atoms with Crippen LogP contribution in [0.3, 0.4) is 0 Å². The summed E-state index contributed by atoms with van der Waals surface area (Å²) in [7, 11) is 0. The maximum Gasteiger partial charge on any atom is 0.273 e. The maximum absolute atomic E-state index is 13.2. The fraction of sp³-hybridized carbons (Fsp3) is 0.476. The van der Waals surface area contributed by atoms with E-state index in [1.54, 1.807) is 5.38 Å². The van der Waals surface area contributed by atoms with Gasteiger partial charge in [0.15, 0.2) is 0 Å². The highest BCUT2D eigenvalue weighted by atomic mass is 35.5. The van der Waals surface area contributed by atoms with Crippen LogP contribution in [0.4, 0.5) is 0 Å². The van der Waals surface area contributed by atoms with Gasteiger partial charge in [0, 0.05) is 43.5 Å². The van der Waals surface area contributed by atoms with Gasteiger partial charge in [0.25, 0.3) is 5.91 Å². The first kappa shape index (κ1) is 21.7. The van der Waals surface area contributed by atoms with Crippen molar-refractivity contribution >= 4 is 35.6 Å². The van der Waals surface area contributed by atoms with Crippen molar-refractivity contribution in [1.82, 2.24) is 14.8 Å². The van der Waals surface area contributed by atoms with E-state index in [1.165, 1.54) is 16.9 Å². The molecule has 4 rings (SSSR count). The number of likely N-dealkylation sites (tertiary alicyclic amines) is 1. The molecule has 6 nitrogen and oxygen atoms in total. The average Bonchev–Trinajstić information content (AvgIpc) is 3.48. The summed E-state index contributed by atoms with van der Waals surface area (Å²) >= 11 is 1.42. The van der Waals surface area contributed by atoms with Crippen LogP contribution in [0.15, 0.2) is 35.7 Å². The second-order valence-corrected chi connectivity index (χ2v) is 8.52. The molecule has 1 aromatic heterocycles. The first-order chi connectivity index (χ1) is 13.7. The first-order valence-electron chi connectivity index (χ1n) is 9.94. The van der Waals surface area contributed by atoms with Crippen molar-refractivity contribution in [2.24, 2.45) is 11.7 Å². The SMILES string of the molecule is Cl.NCc1nc(C(=O)N2CCC(C(=O)N(Cc3ccccc3)C3CC3)CC2)cs1. The zero-order valence-corrected chi connectivity index (χ0v) is 18.0. The van der Waals surface area contributed by atoms with Gasteiger partial charge < -0.3 is 15.5 Å². The van der Waals surface area contributed by atoms with E-state index in [0.29, 0.717) is 37.9 Å². The number of aromatic nitrogens is 1. The van der Waals surface area contributed by atoms with Crippen molar-refractivity contribution in [3.05, 3.63) is 52.0 Å². The predicted octanol–water partition coefficient (Wildman–Crippen LogP) is 3.07. The van der Waals surface area contributed by atoms with Crippen molar-refractivity contribution in [2.75, 3.05) is 13.1 Å². The zero-order chi connectivity index (χ0) is 19.5. The van der Waals surface area contributed by atoms with Gasteiger partial charge in [-0.05, 0) is 31.2 Å². The van der Waals surface area contributed by atoms with Crippen LogP contribution in [0.25, 0.3) is 0 Å². The second-order valence-electron chi connectivity index (χ2n) is 7.58. The molecular formula is C21H27ClN4O2S. The number of nitrogens with zero attached hydrogens (tertiary/aromatic N) is 3. The average molecular weight is 435 g/mol. The fourth-order valence-electron chi connectivity index (χ4n) is 3.78. The number of hydrogen-bond acceptors (Lipinski definition) is 5. The lowest BCUT2D eigenvalue weighted by molar-refractivity contribution is -0.138. The molecule has 2 N–H and O–H groups in total. The number of nitrogens with two attached hydrogens (primary N) is 1. The Morgan fingerprint density at radius 1 is 1.14 bits per heavy atom. The second kappa shape index (κ2) is 9.69. The highest BCUT2D eigenvalue weighted by Gasteiger charge is 2.37. The lowest BCUT2D eigenvalue weighted by Gasteiger charge is -2.34. The van der Waals surface area contributed by atoms with Crippen LogP contribution in [-0.2, 0) is 17.9 Å². The van der Waals surface area contributed by atoms with Crippen molar-refractivity contribution in [3.63, 3.8) is 0 Å². The van der Waals surface area contributed by atoms with Crippen LogP contribution < -0.4 is 5.73 Å². The van der Waals surface area contributed by atoms with Gasteiger partial charge >= 0.3 is 0 Å². The maximum atomic E-state index is 13.2. The Labute approximate surface area is 181 Å². The van der Waals surface area contributed by atoms with E-state index in [-0.39, 0.29) is 30.1 Å². The number of piperidine rings is 1. The van der Waals surface area contributed by atoms with Crippen LogP contribution in [0.1, 0.15) is 46.7 Å². The number of thiazole rings is 1.